The van der Waals surface area contributed by atoms with E-state index in [1.165, 1.54) is 5.56 Å². The van der Waals surface area contributed by atoms with Gasteiger partial charge in [-0.1, -0.05) is 48.5 Å². The molecule has 2 aromatic carbocycles. The molecule has 0 bridgehead atoms. The third kappa shape index (κ3) is 3.74. The molecule has 146 valence electrons. The molecule has 2 aromatic heterocycles. The van der Waals surface area contributed by atoms with E-state index in [-0.39, 0.29) is 11.9 Å². The number of hydrogen-bond donors (Lipinski definition) is 3. The largest absolute Gasteiger partial charge is 0.353 e. The number of carbonyl (C=O) groups excluding carboxylic acids is 1. The minimum absolute atomic E-state index is 0.0753. The van der Waals surface area contributed by atoms with Gasteiger partial charge in [-0.3, -0.25) is 4.79 Å². The highest BCUT2D eigenvalue weighted by Gasteiger charge is 2.24. The van der Waals surface area contributed by atoms with Gasteiger partial charge in [-0.15, -0.1) is 0 Å². The fraction of sp³-hybridized carbons (Fsp3) is 0.250. The van der Waals surface area contributed by atoms with Gasteiger partial charge in [0.15, 0.2) is 0 Å². The van der Waals surface area contributed by atoms with Crippen LogP contribution >= 0.6 is 0 Å². The fourth-order valence-corrected chi connectivity index (χ4v) is 4.37. The molecule has 5 rings (SSSR count). The van der Waals surface area contributed by atoms with Crippen molar-refractivity contribution in [2.45, 2.75) is 25.4 Å². The van der Waals surface area contributed by atoms with Gasteiger partial charge in [-0.05, 0) is 12.1 Å². The minimum Gasteiger partial charge on any atom is -0.353 e. The number of likely N-dealkylation sites (tertiary alicyclic amines) is 1. The Balaban J connectivity index is 1.23. The molecule has 5 heteroatoms. The van der Waals surface area contributed by atoms with Gasteiger partial charge < -0.3 is 15.2 Å². The molecule has 0 radical (unpaired) electrons. The van der Waals surface area contributed by atoms with Crippen molar-refractivity contribution in [3.05, 3.63) is 78.1 Å². The number of benzene rings is 2. The highest BCUT2D eigenvalue weighted by molar-refractivity contribution is 6.09. The van der Waals surface area contributed by atoms with Crippen LogP contribution < -0.4 is 10.2 Å². The second kappa shape index (κ2) is 7.68. The summed E-state index contributed by atoms with van der Waals surface area (Å²) < 4.78 is 0. The number of para-hydroxylation sites is 1. The van der Waals surface area contributed by atoms with Gasteiger partial charge in [-0.2, -0.15) is 0 Å². The Hall–Kier alpha value is -3.18. The lowest BCUT2D eigenvalue weighted by molar-refractivity contribution is -0.918. The van der Waals surface area contributed by atoms with E-state index >= 15 is 0 Å². The first-order chi connectivity index (χ1) is 14.3. The second-order valence-corrected chi connectivity index (χ2v) is 7.95. The van der Waals surface area contributed by atoms with E-state index in [2.05, 4.69) is 51.7 Å². The lowest BCUT2D eigenvalue weighted by Gasteiger charge is -2.29. The first-order valence-electron chi connectivity index (χ1n) is 10.3. The van der Waals surface area contributed by atoms with Crippen LogP contribution in [0.5, 0.6) is 0 Å². The van der Waals surface area contributed by atoms with Crippen molar-refractivity contribution in [1.82, 2.24) is 15.3 Å². The zero-order chi connectivity index (χ0) is 19.6. The number of aromatic amines is 1. The Labute approximate surface area is 169 Å². The lowest BCUT2D eigenvalue weighted by atomic mass is 10.0. The van der Waals surface area contributed by atoms with Crippen LogP contribution in [-0.2, 0) is 6.54 Å². The zero-order valence-electron chi connectivity index (χ0n) is 16.3. The molecule has 3 heterocycles. The summed E-state index contributed by atoms with van der Waals surface area (Å²) >= 11 is 0. The summed E-state index contributed by atoms with van der Waals surface area (Å²) in [5, 5.41) is 5.37. The summed E-state index contributed by atoms with van der Waals surface area (Å²) in [4.78, 5) is 22.1. The molecule has 3 N–H and O–H groups in total. The molecule has 1 fully saturated rings. The summed E-state index contributed by atoms with van der Waals surface area (Å²) in [6.45, 7) is 3.21. The molecule has 1 aliphatic heterocycles. The topological polar surface area (TPSA) is 62.2 Å². The molecule has 0 spiro atoms. The number of aromatic nitrogens is 2. The standard InChI is InChI=1S/C24H24N4O/c29-24(22-14-20-19-8-4-5-9-21(19)27-23(20)15-25-22)26-18-10-12-28(13-11-18)16-17-6-2-1-3-7-17/h1-9,14-15,18,27H,10-13,16H2,(H,26,29)/p+1. The second-order valence-electron chi connectivity index (χ2n) is 7.95. The average Bonchev–Trinajstić information content (AvgIpc) is 3.14. The van der Waals surface area contributed by atoms with Crippen LogP contribution in [0.15, 0.2) is 66.9 Å². The van der Waals surface area contributed by atoms with Gasteiger partial charge >= 0.3 is 0 Å². The molecule has 4 aromatic rings. The summed E-state index contributed by atoms with van der Waals surface area (Å²) in [7, 11) is 0. The Bertz CT molecular complexity index is 1140. The third-order valence-corrected chi connectivity index (χ3v) is 5.95. The number of quaternary nitrogens is 1. The molecule has 5 nitrogen and oxygen atoms in total. The van der Waals surface area contributed by atoms with Crippen LogP contribution in [0.3, 0.4) is 0 Å². The van der Waals surface area contributed by atoms with Crippen LogP contribution in [0.4, 0.5) is 0 Å². The monoisotopic (exact) mass is 385 g/mol. The maximum atomic E-state index is 12.8. The van der Waals surface area contributed by atoms with Crippen LogP contribution in [0.25, 0.3) is 21.8 Å². The number of pyridine rings is 1. The van der Waals surface area contributed by atoms with Gasteiger partial charge in [0.05, 0.1) is 24.8 Å². The number of amides is 1. The molecule has 29 heavy (non-hydrogen) atoms. The molecular weight excluding hydrogens is 360 g/mol. The van der Waals surface area contributed by atoms with E-state index < -0.39 is 0 Å². The van der Waals surface area contributed by atoms with Crippen molar-refractivity contribution >= 4 is 27.7 Å². The first kappa shape index (κ1) is 17.9. The number of nitrogens with zero attached hydrogens (tertiary/aromatic N) is 1. The van der Waals surface area contributed by atoms with E-state index in [0.29, 0.717) is 5.69 Å². The highest BCUT2D eigenvalue weighted by atomic mass is 16.1. The molecule has 1 amide bonds. The average molecular weight is 385 g/mol. The van der Waals surface area contributed by atoms with Crippen molar-refractivity contribution in [1.29, 1.82) is 0 Å². The smallest absolute Gasteiger partial charge is 0.270 e. The Kier molecular flexibility index (Phi) is 4.74. The van der Waals surface area contributed by atoms with Gasteiger partial charge in [0, 0.05) is 40.7 Å². The summed E-state index contributed by atoms with van der Waals surface area (Å²) in [6.07, 6.45) is 3.77. The molecule has 0 saturated carbocycles. The Morgan fingerprint density at radius 1 is 1.00 bits per heavy atom. The minimum atomic E-state index is -0.0753. The van der Waals surface area contributed by atoms with Crippen LogP contribution in [0, 0.1) is 0 Å². The molecule has 1 aliphatic rings. The van der Waals surface area contributed by atoms with E-state index in [0.717, 1.165) is 54.3 Å². The maximum Gasteiger partial charge on any atom is 0.270 e. The number of H-pyrrole nitrogens is 1. The van der Waals surface area contributed by atoms with Crippen LogP contribution in [0.1, 0.15) is 28.9 Å². The van der Waals surface area contributed by atoms with E-state index in [1.807, 2.05) is 24.3 Å². The predicted molar refractivity (Wildman–Crippen MR) is 115 cm³/mol. The Morgan fingerprint density at radius 2 is 1.76 bits per heavy atom. The number of hydrogen-bond acceptors (Lipinski definition) is 2. The van der Waals surface area contributed by atoms with E-state index in [9.17, 15) is 4.79 Å². The lowest BCUT2D eigenvalue weighted by Crippen LogP contribution is -3.12. The fourth-order valence-electron chi connectivity index (χ4n) is 4.37. The van der Waals surface area contributed by atoms with E-state index in [4.69, 9.17) is 0 Å². The van der Waals surface area contributed by atoms with Crippen LogP contribution in [0.2, 0.25) is 0 Å². The van der Waals surface area contributed by atoms with Gasteiger partial charge in [0.2, 0.25) is 0 Å². The number of rotatable bonds is 4. The van der Waals surface area contributed by atoms with Gasteiger partial charge in [0.1, 0.15) is 12.2 Å². The molecule has 0 unspecified atom stereocenters. The molecule has 0 aliphatic carbocycles. The SMILES string of the molecule is O=C(NC1CC[NH+](Cc2ccccc2)CC1)c1cc2c(cn1)[nH]c1ccccc12. The molecular formula is C24H25N4O+. The Morgan fingerprint density at radius 3 is 2.59 bits per heavy atom. The predicted octanol–water partition coefficient (Wildman–Crippen LogP) is 2.69. The number of carbonyl (C=O) groups is 1. The zero-order valence-corrected chi connectivity index (χ0v) is 16.3. The third-order valence-electron chi connectivity index (χ3n) is 5.95. The first-order valence-corrected chi connectivity index (χ1v) is 10.3. The van der Waals surface area contributed by atoms with Gasteiger partial charge in [0.25, 0.3) is 5.91 Å². The number of fused-ring (bicyclic) bond motifs is 3. The summed E-state index contributed by atoms with van der Waals surface area (Å²) in [6, 6.07) is 20.9. The quantitative estimate of drug-likeness (QED) is 0.506. The van der Waals surface area contributed by atoms with Crippen molar-refractivity contribution in [2.24, 2.45) is 0 Å². The van der Waals surface area contributed by atoms with Crippen molar-refractivity contribution < 1.29 is 9.69 Å². The molecule has 1 saturated heterocycles. The number of nitrogens with one attached hydrogen (secondary N) is 3. The molecule has 0 atom stereocenters. The van der Waals surface area contributed by atoms with Crippen molar-refractivity contribution in [3.63, 3.8) is 0 Å². The van der Waals surface area contributed by atoms with E-state index in [1.54, 1.807) is 11.1 Å². The van der Waals surface area contributed by atoms with Crippen LogP contribution in [-0.4, -0.2) is 35.0 Å². The summed E-state index contributed by atoms with van der Waals surface area (Å²) in [5.74, 6) is -0.0753. The summed E-state index contributed by atoms with van der Waals surface area (Å²) in [5.41, 5.74) is 3.89. The van der Waals surface area contributed by atoms with Crippen molar-refractivity contribution in [2.75, 3.05) is 13.1 Å². The highest BCUT2D eigenvalue weighted by Crippen LogP contribution is 2.25. The van der Waals surface area contributed by atoms with Crippen molar-refractivity contribution in [3.8, 4) is 0 Å². The normalized spacial score (nSPS) is 19.4. The number of piperidine rings is 1. The van der Waals surface area contributed by atoms with Gasteiger partial charge in [-0.25, -0.2) is 4.98 Å². The maximum absolute atomic E-state index is 12.8.